The Morgan fingerprint density at radius 2 is 2.22 bits per heavy atom. The van der Waals surface area contributed by atoms with Gasteiger partial charge in [-0.05, 0) is 12.5 Å². The molecule has 1 aromatic rings. The molecule has 1 saturated heterocycles. The number of aliphatic hydroxyl groups is 1. The van der Waals surface area contributed by atoms with E-state index < -0.39 is 0 Å². The van der Waals surface area contributed by atoms with Gasteiger partial charge in [0.1, 0.15) is 5.69 Å². The van der Waals surface area contributed by atoms with Crippen LogP contribution in [0.1, 0.15) is 23.8 Å². The fraction of sp³-hybridized carbons (Fsp3) is 0.583. The predicted molar refractivity (Wildman–Crippen MR) is 65.3 cm³/mol. The molecule has 1 fully saturated rings. The van der Waals surface area contributed by atoms with Crippen LogP contribution in [0.15, 0.2) is 16.9 Å². The van der Waals surface area contributed by atoms with Crippen molar-refractivity contribution >= 4 is 5.91 Å². The van der Waals surface area contributed by atoms with Crippen LogP contribution < -0.4 is 5.56 Å². The van der Waals surface area contributed by atoms with E-state index >= 15 is 0 Å². The third-order valence-electron chi connectivity index (χ3n) is 3.02. The zero-order chi connectivity index (χ0) is 13.1. The molecular weight excluding hydrogens is 234 g/mol. The van der Waals surface area contributed by atoms with Crippen molar-refractivity contribution in [3.8, 4) is 0 Å². The molecule has 2 rings (SSSR count). The first-order valence-electron chi connectivity index (χ1n) is 6.14. The highest BCUT2D eigenvalue weighted by atomic mass is 16.3. The van der Waals surface area contributed by atoms with Crippen molar-refractivity contribution in [2.75, 3.05) is 19.7 Å². The molecule has 1 aliphatic rings. The Bertz CT molecular complexity index is 492. The third-order valence-corrected chi connectivity index (χ3v) is 3.02. The van der Waals surface area contributed by atoms with E-state index in [9.17, 15) is 9.59 Å². The Kier molecular flexibility index (Phi) is 3.76. The van der Waals surface area contributed by atoms with Gasteiger partial charge in [-0.25, -0.2) is 4.68 Å². The van der Waals surface area contributed by atoms with Gasteiger partial charge in [0, 0.05) is 38.2 Å². The summed E-state index contributed by atoms with van der Waals surface area (Å²) in [6, 6.07) is 2.84. The van der Waals surface area contributed by atoms with Gasteiger partial charge >= 0.3 is 0 Å². The van der Waals surface area contributed by atoms with Gasteiger partial charge in [-0.1, -0.05) is 6.92 Å². The molecule has 0 spiro atoms. The number of rotatable bonds is 4. The summed E-state index contributed by atoms with van der Waals surface area (Å²) in [6.45, 7) is 3.68. The van der Waals surface area contributed by atoms with Crippen molar-refractivity contribution in [1.82, 2.24) is 14.7 Å². The Morgan fingerprint density at radius 3 is 2.83 bits per heavy atom. The maximum atomic E-state index is 12.0. The zero-order valence-electron chi connectivity index (χ0n) is 10.4. The van der Waals surface area contributed by atoms with Crippen LogP contribution in [0.3, 0.4) is 0 Å². The van der Waals surface area contributed by atoms with Gasteiger partial charge in [0.05, 0.1) is 0 Å². The molecule has 1 amide bonds. The molecule has 1 aromatic heterocycles. The summed E-state index contributed by atoms with van der Waals surface area (Å²) in [5.41, 5.74) is 0.102. The van der Waals surface area contributed by atoms with Crippen molar-refractivity contribution in [2.45, 2.75) is 19.9 Å². The van der Waals surface area contributed by atoms with Gasteiger partial charge < -0.3 is 10.0 Å². The highest BCUT2D eigenvalue weighted by Gasteiger charge is 2.31. The molecule has 2 heterocycles. The van der Waals surface area contributed by atoms with Crippen LogP contribution in [0.4, 0.5) is 0 Å². The zero-order valence-corrected chi connectivity index (χ0v) is 10.4. The fourth-order valence-electron chi connectivity index (χ4n) is 1.95. The van der Waals surface area contributed by atoms with E-state index in [0.717, 1.165) is 6.42 Å². The van der Waals surface area contributed by atoms with Gasteiger partial charge in [-0.15, -0.1) is 0 Å². The minimum absolute atomic E-state index is 0.104. The second kappa shape index (κ2) is 5.30. The average Bonchev–Trinajstić information content (AvgIpc) is 2.30. The third kappa shape index (κ3) is 2.43. The summed E-state index contributed by atoms with van der Waals surface area (Å²) in [7, 11) is 0. The first kappa shape index (κ1) is 12.8. The van der Waals surface area contributed by atoms with E-state index in [4.69, 9.17) is 5.11 Å². The number of amides is 1. The van der Waals surface area contributed by atoms with Crippen LogP contribution in [-0.4, -0.2) is 45.4 Å². The number of aliphatic hydroxyl groups excluding tert-OH is 1. The quantitative estimate of drug-likeness (QED) is 0.798. The summed E-state index contributed by atoms with van der Waals surface area (Å²) < 4.78 is 1.32. The van der Waals surface area contributed by atoms with Crippen LogP contribution in [0, 0.1) is 5.92 Å². The molecule has 18 heavy (non-hydrogen) atoms. The van der Waals surface area contributed by atoms with Gasteiger partial charge in [-0.3, -0.25) is 9.59 Å². The van der Waals surface area contributed by atoms with Crippen LogP contribution in [0.2, 0.25) is 0 Å². The minimum atomic E-state index is -0.190. The van der Waals surface area contributed by atoms with Crippen LogP contribution in [-0.2, 0) is 6.54 Å². The topological polar surface area (TPSA) is 75.4 Å². The first-order chi connectivity index (χ1) is 8.65. The van der Waals surface area contributed by atoms with Crippen molar-refractivity contribution in [3.63, 3.8) is 0 Å². The van der Waals surface area contributed by atoms with E-state index in [1.54, 1.807) is 4.90 Å². The molecule has 98 valence electrons. The normalized spacial score (nSPS) is 15.6. The second-order valence-corrected chi connectivity index (χ2v) is 4.54. The number of hydrogen-bond donors (Lipinski definition) is 1. The molecular formula is C12H17N3O3. The molecule has 6 heteroatoms. The van der Waals surface area contributed by atoms with Gasteiger partial charge in [-0.2, -0.15) is 5.10 Å². The Balaban J connectivity index is 2.11. The van der Waals surface area contributed by atoms with E-state index in [2.05, 4.69) is 5.10 Å². The fourth-order valence-corrected chi connectivity index (χ4v) is 1.95. The van der Waals surface area contributed by atoms with Crippen LogP contribution in [0.5, 0.6) is 0 Å². The Hall–Kier alpha value is -1.69. The lowest BCUT2D eigenvalue weighted by molar-refractivity contribution is 0.0354. The standard InChI is InChI=1S/C12H17N3O3/c1-2-5-15-11(17)4-3-10(13-15)12(18)14-6-9(7-14)8-16/h3-4,9,16H,2,5-8H2,1H3. The van der Waals surface area contributed by atoms with E-state index in [-0.39, 0.29) is 24.0 Å². The SMILES string of the molecule is CCCn1nc(C(=O)N2CC(CO)C2)ccc1=O. The minimum Gasteiger partial charge on any atom is -0.396 e. The summed E-state index contributed by atoms with van der Waals surface area (Å²) in [6.07, 6.45) is 0.793. The van der Waals surface area contributed by atoms with E-state index in [1.807, 2.05) is 6.92 Å². The highest BCUT2D eigenvalue weighted by Crippen LogP contribution is 2.16. The lowest BCUT2D eigenvalue weighted by atomic mass is 10.0. The molecule has 0 unspecified atom stereocenters. The molecule has 0 bridgehead atoms. The van der Waals surface area contributed by atoms with Crippen LogP contribution >= 0.6 is 0 Å². The maximum Gasteiger partial charge on any atom is 0.274 e. The average molecular weight is 251 g/mol. The smallest absolute Gasteiger partial charge is 0.274 e. The summed E-state index contributed by atoms with van der Waals surface area (Å²) in [5.74, 6) is 0.0000463. The number of hydrogen-bond acceptors (Lipinski definition) is 4. The number of carbonyl (C=O) groups is 1. The van der Waals surface area contributed by atoms with E-state index in [0.29, 0.717) is 25.3 Å². The lowest BCUT2D eigenvalue weighted by Gasteiger charge is -2.37. The van der Waals surface area contributed by atoms with Gasteiger partial charge in [0.25, 0.3) is 11.5 Å². The number of aryl methyl sites for hydroxylation is 1. The van der Waals surface area contributed by atoms with Crippen LogP contribution in [0.25, 0.3) is 0 Å². The summed E-state index contributed by atoms with van der Waals surface area (Å²) in [4.78, 5) is 25.1. The molecule has 1 aliphatic heterocycles. The molecule has 6 nitrogen and oxygen atoms in total. The van der Waals surface area contributed by atoms with Crippen molar-refractivity contribution < 1.29 is 9.90 Å². The molecule has 0 aromatic carbocycles. The predicted octanol–water partition coefficient (Wildman–Crippen LogP) is -0.282. The molecule has 0 atom stereocenters. The number of aromatic nitrogens is 2. The maximum absolute atomic E-state index is 12.0. The molecule has 0 radical (unpaired) electrons. The molecule has 0 saturated carbocycles. The summed E-state index contributed by atoms with van der Waals surface area (Å²) >= 11 is 0. The molecule has 0 aliphatic carbocycles. The second-order valence-electron chi connectivity index (χ2n) is 4.54. The number of carbonyl (C=O) groups excluding carboxylic acids is 1. The largest absolute Gasteiger partial charge is 0.396 e. The van der Waals surface area contributed by atoms with Gasteiger partial charge in [0.15, 0.2) is 0 Å². The van der Waals surface area contributed by atoms with Gasteiger partial charge in [0.2, 0.25) is 0 Å². The highest BCUT2D eigenvalue weighted by molar-refractivity contribution is 5.92. The number of likely N-dealkylation sites (tertiary alicyclic amines) is 1. The van der Waals surface area contributed by atoms with Crippen molar-refractivity contribution in [3.05, 3.63) is 28.2 Å². The lowest BCUT2D eigenvalue weighted by Crippen LogP contribution is -2.51. The number of nitrogens with zero attached hydrogens (tertiary/aromatic N) is 3. The Morgan fingerprint density at radius 1 is 1.50 bits per heavy atom. The first-order valence-corrected chi connectivity index (χ1v) is 6.14. The van der Waals surface area contributed by atoms with E-state index in [1.165, 1.54) is 16.8 Å². The summed E-state index contributed by atoms with van der Waals surface area (Å²) in [5, 5.41) is 13.0. The van der Waals surface area contributed by atoms with Crippen molar-refractivity contribution in [1.29, 1.82) is 0 Å². The van der Waals surface area contributed by atoms with Crippen molar-refractivity contribution in [2.24, 2.45) is 5.92 Å². The monoisotopic (exact) mass is 251 g/mol. The Labute approximate surface area is 105 Å². The molecule has 1 N–H and O–H groups in total.